The van der Waals surface area contributed by atoms with E-state index in [4.69, 9.17) is 15.2 Å². The Morgan fingerprint density at radius 3 is 1.53 bits per heavy atom. The normalized spacial score (nSPS) is 40.4. The van der Waals surface area contributed by atoms with Crippen molar-refractivity contribution in [1.29, 1.82) is 0 Å². The number of nitrogens with one attached hydrogen (secondary N) is 1. The van der Waals surface area contributed by atoms with Crippen molar-refractivity contribution < 1.29 is 27.5 Å². The lowest BCUT2D eigenvalue weighted by Gasteiger charge is -2.60. The van der Waals surface area contributed by atoms with Gasteiger partial charge in [-0.15, -0.1) is 12.4 Å². The molecule has 8 nitrogen and oxygen atoms in total. The highest BCUT2D eigenvalue weighted by Crippen LogP contribution is 2.73. The first kappa shape index (κ1) is 43.2. The highest BCUT2D eigenvalue weighted by Gasteiger charge is 2.64. The molecule has 55 heavy (non-hydrogen) atoms. The monoisotopic (exact) mass is 804 g/mol. The van der Waals surface area contributed by atoms with Gasteiger partial charge in [-0.05, 0) is 159 Å². The lowest BCUT2D eigenvalue weighted by molar-refractivity contribution is -0.136. The van der Waals surface area contributed by atoms with Gasteiger partial charge >= 0.3 is 11.9 Å². The van der Waals surface area contributed by atoms with Gasteiger partial charge in [-0.2, -0.15) is 0 Å². The second-order valence-corrected chi connectivity index (χ2v) is 23.2. The second kappa shape index (κ2) is 15.3. The molecule has 8 fully saturated rings. The molecule has 312 valence electrons. The molecule has 0 radical (unpaired) electrons. The number of ether oxygens (including phenoxy) is 2. The van der Waals surface area contributed by atoms with Gasteiger partial charge in [0.2, 0.25) is 10.0 Å². The molecule has 8 rings (SSSR count). The molecule has 0 unspecified atom stereocenters. The molecule has 0 amide bonds. The van der Waals surface area contributed by atoms with Gasteiger partial charge in [-0.25, -0.2) is 22.7 Å². The van der Waals surface area contributed by atoms with Gasteiger partial charge in [-0.3, -0.25) is 0 Å². The number of rotatable bonds is 8. The Morgan fingerprint density at radius 2 is 1.11 bits per heavy atom. The van der Waals surface area contributed by atoms with Gasteiger partial charge < -0.3 is 15.2 Å². The predicted molar refractivity (Wildman–Crippen MR) is 221 cm³/mol. The van der Waals surface area contributed by atoms with Crippen LogP contribution in [-0.2, 0) is 29.1 Å². The number of hydrogen-bond donors (Lipinski definition) is 2. The topological polar surface area (TPSA) is 125 Å². The lowest BCUT2D eigenvalue weighted by Crippen LogP contribution is -2.52. The summed E-state index contributed by atoms with van der Waals surface area (Å²) >= 11 is 0. The summed E-state index contributed by atoms with van der Waals surface area (Å²) in [6.07, 6.45) is 28.6. The Hall–Kier alpha value is -1.42. The minimum absolute atomic E-state index is 0. The van der Waals surface area contributed by atoms with E-state index < -0.39 is 16.1 Å². The number of cyclic esters (lactones) is 2. The Labute approximate surface area is 339 Å². The van der Waals surface area contributed by atoms with Crippen molar-refractivity contribution >= 4 is 34.4 Å². The number of esters is 2. The fourth-order valence-electron chi connectivity index (χ4n) is 14.6. The summed E-state index contributed by atoms with van der Waals surface area (Å²) in [6.45, 7) is 15.5. The maximum absolute atomic E-state index is 12.1. The van der Waals surface area contributed by atoms with E-state index >= 15 is 0 Å². The number of carbonyl (C=O) groups is 2. The third kappa shape index (κ3) is 8.26. The summed E-state index contributed by atoms with van der Waals surface area (Å²) in [6, 6.07) is -0.763. The molecule has 2 aliphatic heterocycles. The van der Waals surface area contributed by atoms with Crippen molar-refractivity contribution in [2.75, 3.05) is 19.5 Å². The number of allylic oxidation sites excluding steroid dienone is 2. The fraction of sp³-hybridized carbons (Fsp3) is 0.867. The predicted octanol–water partition coefficient (Wildman–Crippen LogP) is 9.21. The molecular weight excluding hydrogens is 732 g/mol. The number of sulfonamides is 1. The average Bonchev–Trinajstić information content (AvgIpc) is 3.97. The van der Waals surface area contributed by atoms with Crippen LogP contribution in [0.3, 0.4) is 0 Å². The number of carbonyl (C=O) groups excluding carboxylic acids is 2. The number of halogens is 1. The molecular formula is C45H73ClN2O6S. The van der Waals surface area contributed by atoms with Crippen LogP contribution in [0.4, 0.5) is 0 Å². The minimum atomic E-state index is -3.38. The van der Waals surface area contributed by atoms with Crippen LogP contribution < -0.4 is 10.5 Å². The smallest absolute Gasteiger partial charge is 0.335 e. The van der Waals surface area contributed by atoms with E-state index in [1.807, 2.05) is 6.08 Å². The zero-order chi connectivity index (χ0) is 39.0. The third-order valence-electron chi connectivity index (χ3n) is 17.3. The Kier molecular flexibility index (Phi) is 12.0. The quantitative estimate of drug-likeness (QED) is 0.185. The summed E-state index contributed by atoms with van der Waals surface area (Å²) in [4.78, 5) is 24.0. The first-order valence-corrected chi connectivity index (χ1v) is 23.6. The maximum Gasteiger partial charge on any atom is 0.335 e. The van der Waals surface area contributed by atoms with Crippen LogP contribution in [0.2, 0.25) is 0 Å². The van der Waals surface area contributed by atoms with Crippen LogP contribution in [0.1, 0.15) is 157 Å². The Bertz CT molecular complexity index is 1640. The van der Waals surface area contributed by atoms with E-state index in [0.29, 0.717) is 56.2 Å². The van der Waals surface area contributed by atoms with Crippen LogP contribution in [0.25, 0.3) is 0 Å². The van der Waals surface area contributed by atoms with Crippen molar-refractivity contribution in [3.8, 4) is 0 Å². The first-order chi connectivity index (χ1) is 25.3. The molecule has 0 aromatic carbocycles. The second-order valence-electron chi connectivity index (χ2n) is 21.4. The van der Waals surface area contributed by atoms with E-state index in [9.17, 15) is 18.0 Å². The van der Waals surface area contributed by atoms with Crippen LogP contribution in [0.15, 0.2) is 23.3 Å². The maximum atomic E-state index is 12.1. The zero-order valence-electron chi connectivity index (χ0n) is 35.1. The van der Waals surface area contributed by atoms with Gasteiger partial charge in [0, 0.05) is 0 Å². The van der Waals surface area contributed by atoms with E-state index in [0.717, 1.165) is 43.3 Å². The van der Waals surface area contributed by atoms with E-state index in [1.165, 1.54) is 96.3 Å². The van der Waals surface area contributed by atoms with Gasteiger partial charge in [0.15, 0.2) is 0 Å². The molecule has 6 aliphatic carbocycles. The third-order valence-corrected chi connectivity index (χ3v) is 18.0. The number of hydrogen-bond acceptors (Lipinski definition) is 7. The highest BCUT2D eigenvalue weighted by molar-refractivity contribution is 7.88. The molecule has 8 aliphatic rings. The van der Waals surface area contributed by atoms with Gasteiger partial charge in [0.25, 0.3) is 0 Å². The molecule has 6 saturated carbocycles. The van der Waals surface area contributed by atoms with Crippen molar-refractivity contribution in [2.45, 2.75) is 169 Å². The van der Waals surface area contributed by atoms with Gasteiger partial charge in [0.1, 0.15) is 13.2 Å². The summed E-state index contributed by atoms with van der Waals surface area (Å²) in [5.74, 6) is 2.58. The van der Waals surface area contributed by atoms with Crippen molar-refractivity contribution in [3.05, 3.63) is 23.3 Å². The van der Waals surface area contributed by atoms with Crippen LogP contribution in [0.5, 0.6) is 0 Å². The van der Waals surface area contributed by atoms with Crippen LogP contribution in [0, 0.1) is 56.2 Å². The zero-order valence-corrected chi connectivity index (χ0v) is 36.7. The van der Waals surface area contributed by atoms with Crippen molar-refractivity contribution in [3.63, 3.8) is 0 Å². The van der Waals surface area contributed by atoms with Gasteiger partial charge in [0.05, 0.1) is 29.5 Å². The van der Waals surface area contributed by atoms with Crippen molar-refractivity contribution in [1.82, 2.24) is 4.72 Å². The standard InChI is InChI=1S/C23H37NO4S.C22H35NO2.ClH/c1-21(2)10-6-11-22(3)18(21)9-12-23(13-14-23)19(22)8-5-7-16-17(15-28-20(16)25)24-29(4,26)27;1-20(2)9-5-10-21(3)17(20)8-11-22(12-13-22)18(21)7-4-6-15-16(23)14-25-19(15)24;/h7,17-19,24H,5-6,8-15H2,1-4H3;6,16-18H,4-5,7-14,23H2,1-3H3;1H/b16-7+;15-6+;/t17-,18+,19-,22+;16-,17+,18-,21+;/m11./s1. The fourth-order valence-corrected chi connectivity index (χ4v) is 15.3. The lowest BCUT2D eigenvalue weighted by atomic mass is 9.45. The summed E-state index contributed by atoms with van der Waals surface area (Å²) in [5.41, 5.74) is 10.1. The van der Waals surface area contributed by atoms with Crippen molar-refractivity contribution in [2.24, 2.45) is 61.9 Å². The van der Waals surface area contributed by atoms with Gasteiger partial charge in [-0.1, -0.05) is 66.5 Å². The largest absolute Gasteiger partial charge is 0.460 e. The number of nitrogens with two attached hydrogens (primary N) is 1. The van der Waals surface area contributed by atoms with Crippen LogP contribution >= 0.6 is 12.4 Å². The molecule has 0 aromatic heterocycles. The first-order valence-electron chi connectivity index (χ1n) is 21.7. The minimum Gasteiger partial charge on any atom is -0.460 e. The molecule has 8 atom stereocenters. The summed E-state index contributed by atoms with van der Waals surface area (Å²) < 4.78 is 35.9. The molecule has 0 aromatic rings. The molecule has 10 heteroatoms. The molecule has 2 spiro atoms. The highest BCUT2D eigenvalue weighted by atomic mass is 35.5. The summed E-state index contributed by atoms with van der Waals surface area (Å²) in [7, 11) is -3.38. The summed E-state index contributed by atoms with van der Waals surface area (Å²) in [5, 5.41) is 0. The number of fused-ring (bicyclic) bond motifs is 2. The average molecular weight is 806 g/mol. The Balaban J connectivity index is 0.000000185. The molecule has 2 saturated heterocycles. The van der Waals surface area contributed by atoms with E-state index in [-0.39, 0.29) is 37.0 Å². The SMILES string of the molecule is CC1(C)CCC[C@@]2(C)[C@H]1CCC1(CC1)[C@@H]2CC/C=C1/C(=O)OC[C@H]1N.CC1(C)CCC[C@@]2(C)[C@H]1CCC1(CC1)[C@@H]2CC/C=C1/C(=O)OC[C@H]1NS(C)(=O)=O.Cl. The Morgan fingerprint density at radius 1 is 0.673 bits per heavy atom. The van der Waals surface area contributed by atoms with Crippen LogP contribution in [-0.4, -0.2) is 51.9 Å². The molecule has 0 bridgehead atoms. The molecule has 2 heterocycles. The van der Waals surface area contributed by atoms with E-state index in [1.54, 1.807) is 0 Å². The molecule has 3 N–H and O–H groups in total. The van der Waals surface area contributed by atoms with E-state index in [2.05, 4.69) is 52.3 Å².